The Morgan fingerprint density at radius 3 is 2.65 bits per heavy atom. The summed E-state index contributed by atoms with van der Waals surface area (Å²) >= 11 is 0. The number of carboxylic acids is 1. The standard InChI is InChI=1S/C19H18N2O2/c1-11-6-2-3-7-12(11)17-18-14(10-16(21-17)19(22)23)13-8-4-5-9-15(13)20-18/h2-9,16-17,20-21H,10H2,1H3,(H,22,23)/t16-,17+/m1/s1. The largest absolute Gasteiger partial charge is 0.480 e. The molecule has 0 saturated carbocycles. The molecule has 116 valence electrons. The van der Waals surface area contributed by atoms with Crippen LogP contribution in [0, 0.1) is 6.92 Å². The summed E-state index contributed by atoms with van der Waals surface area (Å²) in [5, 5.41) is 14.0. The van der Waals surface area contributed by atoms with Crippen LogP contribution in [0.15, 0.2) is 48.5 Å². The van der Waals surface area contributed by atoms with E-state index in [-0.39, 0.29) is 6.04 Å². The maximum Gasteiger partial charge on any atom is 0.321 e. The van der Waals surface area contributed by atoms with Gasteiger partial charge in [0.25, 0.3) is 0 Å². The van der Waals surface area contributed by atoms with Crippen molar-refractivity contribution in [1.82, 2.24) is 10.3 Å². The van der Waals surface area contributed by atoms with Crippen LogP contribution in [-0.4, -0.2) is 22.1 Å². The lowest BCUT2D eigenvalue weighted by Gasteiger charge is -2.30. The van der Waals surface area contributed by atoms with Crippen molar-refractivity contribution >= 4 is 16.9 Å². The zero-order valence-corrected chi connectivity index (χ0v) is 12.8. The van der Waals surface area contributed by atoms with Crippen molar-refractivity contribution in [2.75, 3.05) is 0 Å². The van der Waals surface area contributed by atoms with Crippen molar-refractivity contribution in [2.24, 2.45) is 0 Å². The second kappa shape index (κ2) is 5.25. The van der Waals surface area contributed by atoms with E-state index in [2.05, 4.69) is 35.4 Å². The number of para-hydroxylation sites is 1. The van der Waals surface area contributed by atoms with Crippen LogP contribution in [0.2, 0.25) is 0 Å². The van der Waals surface area contributed by atoms with Gasteiger partial charge < -0.3 is 10.1 Å². The molecule has 2 atom stereocenters. The van der Waals surface area contributed by atoms with Gasteiger partial charge in [0.1, 0.15) is 6.04 Å². The third-order valence-corrected chi connectivity index (χ3v) is 4.71. The summed E-state index contributed by atoms with van der Waals surface area (Å²) in [6.07, 6.45) is 0.497. The molecule has 1 aliphatic heterocycles. The highest BCUT2D eigenvalue weighted by molar-refractivity contribution is 5.87. The van der Waals surface area contributed by atoms with E-state index >= 15 is 0 Å². The van der Waals surface area contributed by atoms with Crippen molar-refractivity contribution in [3.05, 3.63) is 70.9 Å². The number of aliphatic carboxylic acids is 1. The number of hydrogen-bond acceptors (Lipinski definition) is 2. The summed E-state index contributed by atoms with van der Waals surface area (Å²) in [5.74, 6) is -0.806. The van der Waals surface area contributed by atoms with Gasteiger partial charge in [-0.05, 0) is 29.7 Å². The third kappa shape index (κ3) is 2.23. The summed E-state index contributed by atoms with van der Waals surface area (Å²) in [6.45, 7) is 2.06. The molecule has 23 heavy (non-hydrogen) atoms. The van der Waals surface area contributed by atoms with Crippen LogP contribution in [-0.2, 0) is 11.2 Å². The minimum absolute atomic E-state index is 0.131. The van der Waals surface area contributed by atoms with Crippen molar-refractivity contribution in [2.45, 2.75) is 25.4 Å². The molecule has 4 heteroatoms. The normalized spacial score (nSPS) is 20.4. The lowest BCUT2D eigenvalue weighted by Crippen LogP contribution is -2.45. The van der Waals surface area contributed by atoms with Crippen LogP contribution in [0.5, 0.6) is 0 Å². The van der Waals surface area contributed by atoms with Crippen LogP contribution in [0.25, 0.3) is 10.9 Å². The van der Waals surface area contributed by atoms with E-state index < -0.39 is 12.0 Å². The van der Waals surface area contributed by atoms with Gasteiger partial charge in [0, 0.05) is 23.0 Å². The summed E-state index contributed by atoms with van der Waals surface area (Å²) in [5.41, 5.74) is 5.52. The second-order valence-corrected chi connectivity index (χ2v) is 6.11. The highest BCUT2D eigenvalue weighted by atomic mass is 16.4. The molecule has 0 saturated heterocycles. The number of rotatable bonds is 2. The van der Waals surface area contributed by atoms with Crippen LogP contribution in [0.3, 0.4) is 0 Å². The summed E-state index contributed by atoms with van der Waals surface area (Å²) in [7, 11) is 0. The van der Waals surface area contributed by atoms with Gasteiger partial charge in [0.15, 0.2) is 0 Å². The van der Waals surface area contributed by atoms with Crippen molar-refractivity contribution in [3.63, 3.8) is 0 Å². The molecule has 0 radical (unpaired) electrons. The van der Waals surface area contributed by atoms with E-state index in [1.807, 2.05) is 30.3 Å². The Hall–Kier alpha value is -2.59. The quantitative estimate of drug-likeness (QED) is 0.681. The SMILES string of the molecule is Cc1ccccc1[C@@H]1N[C@@H](C(=O)O)Cc2c1[nH]c1ccccc21. The monoisotopic (exact) mass is 306 g/mol. The zero-order valence-electron chi connectivity index (χ0n) is 12.8. The number of aromatic amines is 1. The maximum absolute atomic E-state index is 11.6. The molecule has 0 spiro atoms. The molecule has 2 heterocycles. The number of nitrogens with one attached hydrogen (secondary N) is 2. The minimum atomic E-state index is -0.806. The molecule has 4 nitrogen and oxygen atoms in total. The molecule has 1 aliphatic rings. The van der Waals surface area contributed by atoms with Gasteiger partial charge in [-0.2, -0.15) is 0 Å². The summed E-state index contributed by atoms with van der Waals surface area (Å²) in [6, 6.07) is 15.5. The molecule has 0 bridgehead atoms. The molecule has 0 fully saturated rings. The first-order valence-electron chi connectivity index (χ1n) is 7.79. The molecule has 0 amide bonds. The molecule has 3 aromatic rings. The van der Waals surface area contributed by atoms with Crippen molar-refractivity contribution < 1.29 is 9.90 Å². The van der Waals surface area contributed by atoms with E-state index in [1.165, 1.54) is 0 Å². The van der Waals surface area contributed by atoms with Crippen LogP contribution in [0.4, 0.5) is 0 Å². The fourth-order valence-electron chi connectivity index (χ4n) is 3.55. The lowest BCUT2D eigenvalue weighted by molar-refractivity contribution is -0.139. The predicted molar refractivity (Wildman–Crippen MR) is 89.6 cm³/mol. The second-order valence-electron chi connectivity index (χ2n) is 6.11. The number of fused-ring (bicyclic) bond motifs is 3. The van der Waals surface area contributed by atoms with E-state index in [0.717, 1.165) is 33.3 Å². The fourth-order valence-corrected chi connectivity index (χ4v) is 3.55. The van der Waals surface area contributed by atoms with Gasteiger partial charge in [0.2, 0.25) is 0 Å². The number of aryl methyl sites for hydroxylation is 1. The van der Waals surface area contributed by atoms with E-state index in [1.54, 1.807) is 0 Å². The molecular weight excluding hydrogens is 288 g/mol. The van der Waals surface area contributed by atoms with Crippen molar-refractivity contribution in [1.29, 1.82) is 0 Å². The van der Waals surface area contributed by atoms with E-state index in [9.17, 15) is 9.90 Å². The van der Waals surface area contributed by atoms with E-state index in [0.29, 0.717) is 6.42 Å². The van der Waals surface area contributed by atoms with Gasteiger partial charge in [-0.3, -0.25) is 10.1 Å². The number of aromatic nitrogens is 1. The number of carboxylic acid groups (broad SMARTS) is 1. The lowest BCUT2D eigenvalue weighted by atomic mass is 9.89. The smallest absolute Gasteiger partial charge is 0.321 e. The Morgan fingerprint density at radius 1 is 1.13 bits per heavy atom. The molecule has 4 rings (SSSR count). The van der Waals surface area contributed by atoms with Gasteiger partial charge >= 0.3 is 5.97 Å². The Balaban J connectivity index is 1.93. The molecule has 2 aromatic carbocycles. The highest BCUT2D eigenvalue weighted by Gasteiger charge is 2.34. The highest BCUT2D eigenvalue weighted by Crippen LogP contribution is 2.36. The van der Waals surface area contributed by atoms with Crippen LogP contribution < -0.4 is 5.32 Å². The summed E-state index contributed by atoms with van der Waals surface area (Å²) < 4.78 is 0. The average Bonchev–Trinajstić information content (AvgIpc) is 2.93. The first-order valence-corrected chi connectivity index (χ1v) is 7.79. The van der Waals surface area contributed by atoms with Gasteiger partial charge in [-0.15, -0.1) is 0 Å². The average molecular weight is 306 g/mol. The Labute approximate surface area is 134 Å². The predicted octanol–water partition coefficient (Wildman–Crippen LogP) is 3.16. The van der Waals surface area contributed by atoms with Gasteiger partial charge in [-0.25, -0.2) is 0 Å². The first-order chi connectivity index (χ1) is 11.1. The number of carbonyl (C=O) groups is 1. The van der Waals surface area contributed by atoms with Crippen molar-refractivity contribution in [3.8, 4) is 0 Å². The third-order valence-electron chi connectivity index (χ3n) is 4.71. The number of H-pyrrole nitrogens is 1. The Kier molecular flexibility index (Phi) is 3.20. The van der Waals surface area contributed by atoms with Crippen LogP contribution in [0.1, 0.15) is 28.4 Å². The zero-order chi connectivity index (χ0) is 16.0. The number of hydrogen-bond donors (Lipinski definition) is 3. The summed E-state index contributed by atoms with van der Waals surface area (Å²) in [4.78, 5) is 15.1. The van der Waals surface area contributed by atoms with Gasteiger partial charge in [0.05, 0.1) is 6.04 Å². The Morgan fingerprint density at radius 2 is 1.87 bits per heavy atom. The molecule has 1 aromatic heterocycles. The fraction of sp³-hybridized carbons (Fsp3) is 0.211. The number of benzene rings is 2. The topological polar surface area (TPSA) is 65.1 Å². The van der Waals surface area contributed by atoms with E-state index in [4.69, 9.17) is 0 Å². The molecule has 0 aliphatic carbocycles. The Bertz CT molecular complexity index is 897. The molecular formula is C19H18N2O2. The van der Waals surface area contributed by atoms with Gasteiger partial charge in [-0.1, -0.05) is 42.5 Å². The minimum Gasteiger partial charge on any atom is -0.480 e. The first kappa shape index (κ1) is 14.0. The molecule has 0 unspecified atom stereocenters. The van der Waals surface area contributed by atoms with Crippen LogP contribution >= 0.6 is 0 Å². The maximum atomic E-state index is 11.6. The molecule has 3 N–H and O–H groups in total.